The number of rotatable bonds is 5. The van der Waals surface area contributed by atoms with Crippen molar-refractivity contribution in [3.63, 3.8) is 0 Å². The van der Waals surface area contributed by atoms with Crippen LogP contribution < -0.4 is 5.32 Å². The molecule has 6 heteroatoms. The van der Waals surface area contributed by atoms with E-state index in [1.807, 2.05) is 13.8 Å². The van der Waals surface area contributed by atoms with E-state index >= 15 is 0 Å². The van der Waals surface area contributed by atoms with Gasteiger partial charge >= 0.3 is 5.97 Å². The molecule has 1 aromatic rings. The van der Waals surface area contributed by atoms with Gasteiger partial charge in [-0.2, -0.15) is 0 Å². The number of aliphatic carboxylic acids is 1. The molecule has 0 bridgehead atoms. The third-order valence-corrected chi connectivity index (χ3v) is 2.56. The zero-order valence-corrected chi connectivity index (χ0v) is 10.7. The summed E-state index contributed by atoms with van der Waals surface area (Å²) in [7, 11) is 0. The van der Waals surface area contributed by atoms with Crippen LogP contribution in [0.2, 0.25) is 0 Å². The number of halogens is 1. The van der Waals surface area contributed by atoms with E-state index in [1.54, 1.807) is 6.20 Å². The molecule has 1 rings (SSSR count). The minimum atomic E-state index is -0.876. The van der Waals surface area contributed by atoms with Crippen LogP contribution in [0, 0.1) is 5.92 Å². The van der Waals surface area contributed by atoms with Crippen LogP contribution in [0.15, 0.2) is 17.0 Å². The first-order valence-electron chi connectivity index (χ1n) is 4.95. The first-order chi connectivity index (χ1) is 7.50. The molecule has 2 N–H and O–H groups in total. The molecule has 0 saturated heterocycles. The number of anilines is 1. The second-order valence-electron chi connectivity index (χ2n) is 3.88. The largest absolute Gasteiger partial charge is 0.480 e. The minimum absolute atomic E-state index is 0.300. The van der Waals surface area contributed by atoms with Gasteiger partial charge in [-0.15, -0.1) is 0 Å². The Balaban J connectivity index is 2.76. The van der Waals surface area contributed by atoms with Gasteiger partial charge < -0.3 is 10.4 Å². The highest BCUT2D eigenvalue weighted by Crippen LogP contribution is 2.19. The molecule has 0 aromatic carbocycles. The predicted molar refractivity (Wildman–Crippen MR) is 64.2 cm³/mol. The number of nitrogens with zero attached hydrogens (tertiary/aromatic N) is 2. The third-order valence-electron chi connectivity index (χ3n) is 1.98. The maximum atomic E-state index is 11.0. The van der Waals surface area contributed by atoms with Gasteiger partial charge in [0.2, 0.25) is 0 Å². The molecule has 1 atom stereocenters. The molecule has 16 heavy (non-hydrogen) atoms. The standard InChI is InChI=1S/C10H14BrN3O2/c1-6(2)3-8(10(15)16)14-9-7(11)4-12-5-13-9/h4-6,8H,3H2,1-2H3,(H,15,16)(H,12,13,14). The third kappa shape index (κ3) is 3.77. The number of aromatic nitrogens is 2. The molecule has 0 radical (unpaired) electrons. The number of carboxylic acids is 1. The smallest absolute Gasteiger partial charge is 0.326 e. The lowest BCUT2D eigenvalue weighted by Gasteiger charge is -2.17. The van der Waals surface area contributed by atoms with Crippen LogP contribution in [0.5, 0.6) is 0 Å². The van der Waals surface area contributed by atoms with Crippen molar-refractivity contribution in [2.24, 2.45) is 5.92 Å². The van der Waals surface area contributed by atoms with Gasteiger partial charge in [0.1, 0.15) is 18.2 Å². The fourth-order valence-electron chi connectivity index (χ4n) is 1.28. The van der Waals surface area contributed by atoms with E-state index in [9.17, 15) is 4.79 Å². The Morgan fingerprint density at radius 2 is 2.31 bits per heavy atom. The number of hydrogen-bond donors (Lipinski definition) is 2. The average molecular weight is 288 g/mol. The summed E-state index contributed by atoms with van der Waals surface area (Å²) in [5, 5.41) is 11.9. The molecule has 0 aliphatic rings. The SMILES string of the molecule is CC(C)CC(Nc1ncncc1Br)C(=O)O. The monoisotopic (exact) mass is 287 g/mol. The summed E-state index contributed by atoms with van der Waals surface area (Å²) in [5.74, 6) is -0.0727. The van der Waals surface area contributed by atoms with Crippen molar-refractivity contribution >= 4 is 27.7 Å². The molecule has 0 amide bonds. The van der Waals surface area contributed by atoms with Crippen LogP contribution in [0.3, 0.4) is 0 Å². The highest BCUT2D eigenvalue weighted by Gasteiger charge is 2.19. The summed E-state index contributed by atoms with van der Waals surface area (Å²) in [6, 6.07) is -0.633. The van der Waals surface area contributed by atoms with Gasteiger partial charge in [0.05, 0.1) is 4.47 Å². The molecule has 0 aliphatic heterocycles. The quantitative estimate of drug-likeness (QED) is 0.868. The minimum Gasteiger partial charge on any atom is -0.480 e. The van der Waals surface area contributed by atoms with Crippen molar-refractivity contribution in [3.8, 4) is 0 Å². The fourth-order valence-corrected chi connectivity index (χ4v) is 1.61. The summed E-state index contributed by atoms with van der Waals surface area (Å²) in [4.78, 5) is 18.8. The zero-order valence-electron chi connectivity index (χ0n) is 9.14. The second kappa shape index (κ2) is 5.79. The Morgan fingerprint density at radius 1 is 1.62 bits per heavy atom. The van der Waals surface area contributed by atoms with E-state index < -0.39 is 12.0 Å². The number of carbonyl (C=O) groups is 1. The molecule has 88 valence electrons. The normalized spacial score (nSPS) is 12.5. The zero-order chi connectivity index (χ0) is 12.1. The van der Waals surface area contributed by atoms with Gasteiger partial charge in [0, 0.05) is 6.20 Å². The average Bonchev–Trinajstić information content (AvgIpc) is 2.19. The Bertz CT molecular complexity index is 371. The van der Waals surface area contributed by atoms with Crippen molar-refractivity contribution < 1.29 is 9.90 Å². The topological polar surface area (TPSA) is 75.1 Å². The summed E-state index contributed by atoms with van der Waals surface area (Å²) < 4.78 is 0.657. The highest BCUT2D eigenvalue weighted by molar-refractivity contribution is 9.10. The molecule has 0 fully saturated rings. The molecular weight excluding hydrogens is 274 g/mol. The van der Waals surface area contributed by atoms with E-state index in [-0.39, 0.29) is 0 Å². The van der Waals surface area contributed by atoms with E-state index in [0.717, 1.165) is 0 Å². The van der Waals surface area contributed by atoms with Crippen molar-refractivity contribution in [2.45, 2.75) is 26.3 Å². The van der Waals surface area contributed by atoms with E-state index in [2.05, 4.69) is 31.2 Å². The first kappa shape index (κ1) is 12.9. The molecule has 0 aliphatic carbocycles. The van der Waals surface area contributed by atoms with E-state index in [4.69, 9.17) is 5.11 Å². The maximum absolute atomic E-state index is 11.0. The Labute approximate surface area is 102 Å². The van der Waals surface area contributed by atoms with Crippen LogP contribution >= 0.6 is 15.9 Å². The molecule has 0 spiro atoms. The first-order valence-corrected chi connectivity index (χ1v) is 5.75. The van der Waals surface area contributed by atoms with Crippen molar-refractivity contribution in [2.75, 3.05) is 5.32 Å². The number of hydrogen-bond acceptors (Lipinski definition) is 4. The lowest BCUT2D eigenvalue weighted by atomic mass is 10.0. The van der Waals surface area contributed by atoms with Crippen molar-refractivity contribution in [1.29, 1.82) is 0 Å². The van der Waals surface area contributed by atoms with Crippen molar-refractivity contribution in [1.82, 2.24) is 9.97 Å². The fraction of sp³-hybridized carbons (Fsp3) is 0.500. The Morgan fingerprint density at radius 3 is 2.81 bits per heavy atom. The van der Waals surface area contributed by atoms with Crippen LogP contribution in [0.1, 0.15) is 20.3 Å². The van der Waals surface area contributed by atoms with Crippen LogP contribution in [-0.2, 0) is 4.79 Å². The molecular formula is C10H14BrN3O2. The van der Waals surface area contributed by atoms with Crippen LogP contribution in [-0.4, -0.2) is 27.1 Å². The summed E-state index contributed by atoms with van der Waals surface area (Å²) in [6.07, 6.45) is 3.50. The second-order valence-corrected chi connectivity index (χ2v) is 4.74. The molecule has 1 unspecified atom stereocenters. The molecule has 1 aromatic heterocycles. The van der Waals surface area contributed by atoms with Gasteiger partial charge in [0.25, 0.3) is 0 Å². The van der Waals surface area contributed by atoms with Gasteiger partial charge in [-0.1, -0.05) is 13.8 Å². The number of nitrogens with one attached hydrogen (secondary N) is 1. The Hall–Kier alpha value is -1.17. The van der Waals surface area contributed by atoms with E-state index in [1.165, 1.54) is 6.33 Å². The molecule has 5 nitrogen and oxygen atoms in total. The van der Waals surface area contributed by atoms with Gasteiger partial charge in [-0.25, -0.2) is 14.8 Å². The maximum Gasteiger partial charge on any atom is 0.326 e. The molecule has 1 heterocycles. The van der Waals surface area contributed by atoms with Gasteiger partial charge in [-0.05, 0) is 28.3 Å². The Kier molecular flexibility index (Phi) is 4.67. The lowest BCUT2D eigenvalue weighted by molar-refractivity contribution is -0.138. The highest BCUT2D eigenvalue weighted by atomic mass is 79.9. The molecule has 0 saturated carbocycles. The van der Waals surface area contributed by atoms with Gasteiger partial charge in [0.15, 0.2) is 0 Å². The summed E-state index contributed by atoms with van der Waals surface area (Å²) in [5.41, 5.74) is 0. The number of carboxylic acid groups (broad SMARTS) is 1. The summed E-state index contributed by atoms with van der Waals surface area (Å²) in [6.45, 7) is 3.96. The van der Waals surface area contributed by atoms with Crippen LogP contribution in [0.25, 0.3) is 0 Å². The van der Waals surface area contributed by atoms with E-state index in [0.29, 0.717) is 22.6 Å². The predicted octanol–water partition coefficient (Wildman–Crippen LogP) is 2.15. The van der Waals surface area contributed by atoms with Crippen LogP contribution in [0.4, 0.5) is 5.82 Å². The van der Waals surface area contributed by atoms with Crippen molar-refractivity contribution in [3.05, 3.63) is 17.0 Å². The van der Waals surface area contributed by atoms with Gasteiger partial charge in [-0.3, -0.25) is 0 Å². The lowest BCUT2D eigenvalue weighted by Crippen LogP contribution is -2.31. The summed E-state index contributed by atoms with van der Waals surface area (Å²) >= 11 is 3.26.